The van der Waals surface area contributed by atoms with E-state index in [0.29, 0.717) is 43.1 Å². The van der Waals surface area contributed by atoms with Crippen LogP contribution in [0.2, 0.25) is 0 Å². The molecule has 4 heterocycles. The van der Waals surface area contributed by atoms with Gasteiger partial charge in [0, 0.05) is 25.6 Å². The molecule has 0 aromatic carbocycles. The lowest BCUT2D eigenvalue weighted by atomic mass is 9.96. The first kappa shape index (κ1) is 17.2. The van der Waals surface area contributed by atoms with Crippen LogP contribution in [0.1, 0.15) is 34.8 Å². The van der Waals surface area contributed by atoms with Gasteiger partial charge in [0.15, 0.2) is 11.4 Å². The molecule has 1 fully saturated rings. The number of nitrogens with one attached hydrogen (secondary N) is 1. The lowest BCUT2D eigenvalue weighted by Crippen LogP contribution is -2.38. The van der Waals surface area contributed by atoms with Crippen molar-refractivity contribution in [2.45, 2.75) is 31.9 Å². The van der Waals surface area contributed by atoms with Gasteiger partial charge in [0.25, 0.3) is 11.8 Å². The summed E-state index contributed by atoms with van der Waals surface area (Å²) in [6.07, 6.45) is 5.72. The summed E-state index contributed by atoms with van der Waals surface area (Å²) in [6.45, 7) is 3.02. The molecule has 1 spiro atoms. The largest absolute Gasteiger partial charge is 0.459 e. The van der Waals surface area contributed by atoms with Gasteiger partial charge in [-0.15, -0.1) is 0 Å². The number of likely N-dealkylation sites (tertiary alicyclic amines) is 1. The summed E-state index contributed by atoms with van der Waals surface area (Å²) in [5.41, 5.74) is 1.16. The number of nitrogens with zero attached hydrogens (tertiary/aromatic N) is 4. The van der Waals surface area contributed by atoms with Gasteiger partial charge in [-0.05, 0) is 19.1 Å². The van der Waals surface area contributed by atoms with E-state index in [-0.39, 0.29) is 18.4 Å². The Morgan fingerprint density at radius 1 is 1.33 bits per heavy atom. The average Bonchev–Trinajstić information content (AvgIpc) is 3.43. The maximum absolute atomic E-state index is 12.4. The second-order valence-electron chi connectivity index (χ2n) is 6.77. The predicted octanol–water partition coefficient (Wildman–Crippen LogP) is 1.06. The Kier molecular flexibility index (Phi) is 4.35. The van der Waals surface area contributed by atoms with E-state index in [1.54, 1.807) is 29.4 Å². The van der Waals surface area contributed by atoms with Gasteiger partial charge in [-0.1, -0.05) is 5.16 Å². The molecule has 0 unspecified atom stereocenters. The van der Waals surface area contributed by atoms with Crippen LogP contribution in [-0.4, -0.2) is 51.1 Å². The Morgan fingerprint density at radius 3 is 2.96 bits per heavy atom. The molecule has 2 aromatic rings. The summed E-state index contributed by atoms with van der Waals surface area (Å²) in [5.74, 6) is -0.190. The summed E-state index contributed by atoms with van der Waals surface area (Å²) >= 11 is 0. The molecule has 1 N–H and O–H groups in total. The number of furan rings is 1. The van der Waals surface area contributed by atoms with Crippen LogP contribution in [0, 0.1) is 6.92 Å². The molecule has 2 aliphatic rings. The van der Waals surface area contributed by atoms with E-state index >= 15 is 0 Å². The van der Waals surface area contributed by atoms with Crippen molar-refractivity contribution in [3.05, 3.63) is 47.9 Å². The number of aryl methyl sites for hydroxylation is 1. The first-order valence-electron chi connectivity index (χ1n) is 8.68. The molecule has 0 saturated carbocycles. The van der Waals surface area contributed by atoms with Gasteiger partial charge in [-0.2, -0.15) is 0 Å². The van der Waals surface area contributed by atoms with E-state index in [9.17, 15) is 9.59 Å². The van der Waals surface area contributed by atoms with E-state index in [4.69, 9.17) is 9.25 Å². The summed E-state index contributed by atoms with van der Waals surface area (Å²) in [7, 11) is 0. The number of aromatic nitrogens is 2. The second-order valence-corrected chi connectivity index (χ2v) is 6.77. The topological polar surface area (TPSA) is 110 Å². The zero-order valence-corrected chi connectivity index (χ0v) is 14.8. The Labute approximate surface area is 155 Å². The minimum Gasteiger partial charge on any atom is -0.459 e. The molecule has 140 valence electrons. The van der Waals surface area contributed by atoms with Crippen molar-refractivity contribution in [1.82, 2.24) is 20.2 Å². The van der Waals surface area contributed by atoms with Crippen LogP contribution < -0.4 is 5.32 Å². The van der Waals surface area contributed by atoms with Crippen molar-refractivity contribution in [1.29, 1.82) is 0 Å². The highest BCUT2D eigenvalue weighted by Crippen LogP contribution is 2.34. The fraction of sp³-hybridized carbons (Fsp3) is 0.389. The maximum Gasteiger partial charge on any atom is 0.289 e. The lowest BCUT2D eigenvalue weighted by Gasteiger charge is -2.21. The number of amides is 2. The SMILES string of the molecule is Cc1cnc(CNC(=O)C2=NO[C@@]3(CCN(C(=O)c4ccco4)C3)C2)cn1. The Hall–Kier alpha value is -3.23. The third-order valence-corrected chi connectivity index (χ3v) is 4.70. The molecule has 2 amide bonds. The Bertz CT molecular complexity index is 878. The van der Waals surface area contributed by atoms with Crippen LogP contribution in [0.3, 0.4) is 0 Å². The quantitative estimate of drug-likeness (QED) is 0.863. The van der Waals surface area contributed by atoms with Crippen LogP contribution >= 0.6 is 0 Å². The molecule has 27 heavy (non-hydrogen) atoms. The standard InChI is InChI=1S/C18H19N5O4/c1-12-8-20-13(9-19-12)10-21-16(24)14-7-18(27-22-14)4-5-23(11-18)17(25)15-3-2-6-26-15/h2-3,6,8-9H,4-5,7,10-11H2,1H3,(H,21,24)/t18-/m0/s1. The van der Waals surface area contributed by atoms with Crippen LogP contribution in [-0.2, 0) is 16.2 Å². The molecular formula is C18H19N5O4. The zero-order chi connectivity index (χ0) is 18.9. The van der Waals surface area contributed by atoms with E-state index < -0.39 is 5.60 Å². The van der Waals surface area contributed by atoms with Gasteiger partial charge < -0.3 is 19.5 Å². The van der Waals surface area contributed by atoms with Crippen molar-refractivity contribution >= 4 is 17.5 Å². The molecular weight excluding hydrogens is 350 g/mol. The van der Waals surface area contributed by atoms with E-state index in [2.05, 4.69) is 20.4 Å². The van der Waals surface area contributed by atoms with Crippen molar-refractivity contribution in [2.24, 2.45) is 5.16 Å². The van der Waals surface area contributed by atoms with Crippen LogP contribution in [0.15, 0.2) is 40.4 Å². The second kappa shape index (κ2) is 6.82. The number of oxime groups is 1. The highest BCUT2D eigenvalue weighted by molar-refractivity contribution is 6.39. The summed E-state index contributed by atoms with van der Waals surface area (Å²) < 4.78 is 5.16. The Balaban J connectivity index is 1.32. The van der Waals surface area contributed by atoms with E-state index in [1.165, 1.54) is 6.26 Å². The van der Waals surface area contributed by atoms with Gasteiger partial charge in [-0.25, -0.2) is 0 Å². The van der Waals surface area contributed by atoms with Crippen molar-refractivity contribution in [2.75, 3.05) is 13.1 Å². The number of carbonyl (C=O) groups is 2. The van der Waals surface area contributed by atoms with Gasteiger partial charge in [0.05, 0.1) is 36.9 Å². The smallest absolute Gasteiger partial charge is 0.289 e. The average molecular weight is 369 g/mol. The molecule has 0 radical (unpaired) electrons. The maximum atomic E-state index is 12.4. The van der Waals surface area contributed by atoms with Gasteiger partial charge in [0.1, 0.15) is 5.71 Å². The van der Waals surface area contributed by atoms with Gasteiger partial charge >= 0.3 is 0 Å². The van der Waals surface area contributed by atoms with Gasteiger partial charge in [0.2, 0.25) is 0 Å². The van der Waals surface area contributed by atoms with Gasteiger partial charge in [-0.3, -0.25) is 19.6 Å². The van der Waals surface area contributed by atoms with Crippen LogP contribution in [0.4, 0.5) is 0 Å². The zero-order valence-electron chi connectivity index (χ0n) is 14.8. The molecule has 0 aliphatic carbocycles. The number of rotatable bonds is 4. The van der Waals surface area contributed by atoms with Crippen molar-refractivity contribution < 1.29 is 18.8 Å². The number of hydrogen-bond acceptors (Lipinski definition) is 7. The number of hydrogen-bond donors (Lipinski definition) is 1. The molecule has 1 saturated heterocycles. The highest BCUT2D eigenvalue weighted by atomic mass is 16.7. The molecule has 4 rings (SSSR count). The predicted molar refractivity (Wildman–Crippen MR) is 93.7 cm³/mol. The fourth-order valence-corrected chi connectivity index (χ4v) is 3.22. The van der Waals surface area contributed by atoms with E-state index in [1.807, 2.05) is 6.92 Å². The summed E-state index contributed by atoms with van der Waals surface area (Å²) in [5, 5.41) is 6.74. The monoisotopic (exact) mass is 369 g/mol. The first-order chi connectivity index (χ1) is 13.0. The minimum atomic E-state index is -0.640. The van der Waals surface area contributed by atoms with Crippen molar-refractivity contribution in [3.8, 4) is 0 Å². The third-order valence-electron chi connectivity index (χ3n) is 4.70. The van der Waals surface area contributed by atoms with Crippen molar-refractivity contribution in [3.63, 3.8) is 0 Å². The van der Waals surface area contributed by atoms with Crippen LogP contribution in [0.5, 0.6) is 0 Å². The molecule has 1 atom stereocenters. The number of carbonyl (C=O) groups excluding carboxylic acids is 2. The molecule has 9 nitrogen and oxygen atoms in total. The molecule has 2 aliphatic heterocycles. The molecule has 0 bridgehead atoms. The highest BCUT2D eigenvalue weighted by Gasteiger charge is 2.48. The Morgan fingerprint density at radius 2 is 2.22 bits per heavy atom. The normalized spacial score (nSPS) is 21.2. The third kappa shape index (κ3) is 3.53. The lowest BCUT2D eigenvalue weighted by molar-refractivity contribution is -0.115. The van der Waals surface area contributed by atoms with E-state index in [0.717, 1.165) is 5.69 Å². The summed E-state index contributed by atoms with van der Waals surface area (Å²) in [6, 6.07) is 3.31. The molecule has 9 heteroatoms. The fourth-order valence-electron chi connectivity index (χ4n) is 3.22. The molecule has 2 aromatic heterocycles. The first-order valence-corrected chi connectivity index (χ1v) is 8.68. The van der Waals surface area contributed by atoms with Crippen LogP contribution in [0.25, 0.3) is 0 Å². The minimum absolute atomic E-state index is 0.184. The summed E-state index contributed by atoms with van der Waals surface area (Å²) in [4.78, 5) is 40.3.